The zero-order valence-electron chi connectivity index (χ0n) is 13.2. The summed E-state index contributed by atoms with van der Waals surface area (Å²) in [6, 6.07) is 10.3. The van der Waals surface area contributed by atoms with Crippen molar-refractivity contribution in [1.82, 2.24) is 20.4 Å². The van der Waals surface area contributed by atoms with Gasteiger partial charge in [0.1, 0.15) is 0 Å². The van der Waals surface area contributed by atoms with Gasteiger partial charge in [-0.3, -0.25) is 4.79 Å². The Balaban J connectivity index is 1.61. The molecule has 0 bridgehead atoms. The normalized spacial score (nSPS) is 21.1. The van der Waals surface area contributed by atoms with Gasteiger partial charge in [-0.1, -0.05) is 18.2 Å². The minimum absolute atomic E-state index is 0.0165. The summed E-state index contributed by atoms with van der Waals surface area (Å²) in [4.78, 5) is 12.7. The fraction of sp³-hybridized carbons (Fsp3) is 0.444. The van der Waals surface area contributed by atoms with E-state index in [4.69, 9.17) is 0 Å². The van der Waals surface area contributed by atoms with Crippen LogP contribution in [0.1, 0.15) is 47.7 Å². The number of nitrogens with one attached hydrogen (secondary N) is 2. The highest BCUT2D eigenvalue weighted by Crippen LogP contribution is 2.42. The standard InChI is InChI=1S/C18H22N4O/c23-18(21-14-5-4-10-19-11-14)16-12-20-22(17(16)13-8-9-13)15-6-2-1-3-7-15/h1-3,6-7,12-14,19H,4-5,8-11H2,(H,21,23). The minimum atomic E-state index is 0.0165. The third kappa shape index (κ3) is 3.01. The average molecular weight is 310 g/mol. The van der Waals surface area contributed by atoms with Gasteiger partial charge >= 0.3 is 0 Å². The highest BCUT2D eigenvalue weighted by molar-refractivity contribution is 5.95. The van der Waals surface area contributed by atoms with E-state index >= 15 is 0 Å². The first-order chi connectivity index (χ1) is 11.3. The molecular formula is C18H22N4O. The van der Waals surface area contributed by atoms with Crippen LogP contribution in [0.5, 0.6) is 0 Å². The van der Waals surface area contributed by atoms with E-state index in [2.05, 4.69) is 15.7 Å². The van der Waals surface area contributed by atoms with Crippen LogP contribution >= 0.6 is 0 Å². The molecule has 1 amide bonds. The Morgan fingerprint density at radius 3 is 2.74 bits per heavy atom. The lowest BCUT2D eigenvalue weighted by Gasteiger charge is -2.23. The van der Waals surface area contributed by atoms with Crippen molar-refractivity contribution < 1.29 is 4.79 Å². The zero-order valence-corrected chi connectivity index (χ0v) is 13.2. The van der Waals surface area contributed by atoms with Crippen molar-refractivity contribution in [1.29, 1.82) is 0 Å². The van der Waals surface area contributed by atoms with Crippen LogP contribution in [0.2, 0.25) is 0 Å². The molecule has 0 spiro atoms. The lowest BCUT2D eigenvalue weighted by atomic mass is 10.1. The molecule has 2 N–H and O–H groups in total. The van der Waals surface area contributed by atoms with Gasteiger partial charge < -0.3 is 10.6 Å². The second-order valence-electron chi connectivity index (χ2n) is 6.48. The fourth-order valence-electron chi connectivity index (χ4n) is 3.30. The number of amides is 1. The number of benzene rings is 1. The topological polar surface area (TPSA) is 59.0 Å². The molecule has 1 atom stereocenters. The van der Waals surface area contributed by atoms with Gasteiger partial charge in [0.2, 0.25) is 0 Å². The molecule has 2 aromatic rings. The Kier molecular flexibility index (Phi) is 3.87. The molecule has 23 heavy (non-hydrogen) atoms. The highest BCUT2D eigenvalue weighted by Gasteiger charge is 2.33. The number of carbonyl (C=O) groups excluding carboxylic acids is 1. The van der Waals surface area contributed by atoms with Crippen molar-refractivity contribution in [3.8, 4) is 5.69 Å². The first-order valence-corrected chi connectivity index (χ1v) is 8.48. The molecular weight excluding hydrogens is 288 g/mol. The summed E-state index contributed by atoms with van der Waals surface area (Å²) >= 11 is 0. The van der Waals surface area contributed by atoms with Gasteiger partial charge in [-0.2, -0.15) is 5.10 Å². The molecule has 0 radical (unpaired) electrons. The molecule has 2 fully saturated rings. The van der Waals surface area contributed by atoms with E-state index in [1.165, 1.54) is 0 Å². The smallest absolute Gasteiger partial charge is 0.255 e. The van der Waals surface area contributed by atoms with Crippen LogP contribution in [0, 0.1) is 0 Å². The van der Waals surface area contributed by atoms with Gasteiger partial charge in [-0.25, -0.2) is 4.68 Å². The summed E-state index contributed by atoms with van der Waals surface area (Å²) < 4.78 is 1.94. The van der Waals surface area contributed by atoms with Gasteiger partial charge in [0.15, 0.2) is 0 Å². The van der Waals surface area contributed by atoms with E-state index in [9.17, 15) is 4.79 Å². The lowest BCUT2D eigenvalue weighted by Crippen LogP contribution is -2.45. The van der Waals surface area contributed by atoms with Crippen molar-refractivity contribution in [3.05, 3.63) is 47.8 Å². The summed E-state index contributed by atoms with van der Waals surface area (Å²) in [5.74, 6) is 0.478. The number of hydrogen-bond donors (Lipinski definition) is 2. The summed E-state index contributed by atoms with van der Waals surface area (Å²) in [6.45, 7) is 1.91. The maximum Gasteiger partial charge on any atom is 0.255 e. The monoisotopic (exact) mass is 310 g/mol. The predicted molar refractivity (Wildman–Crippen MR) is 88.9 cm³/mol. The first kappa shape index (κ1) is 14.5. The number of hydrogen-bond acceptors (Lipinski definition) is 3. The molecule has 1 aliphatic carbocycles. The SMILES string of the molecule is O=C(NC1CCCNC1)c1cnn(-c2ccccc2)c1C1CC1. The van der Waals surface area contributed by atoms with Crippen molar-refractivity contribution in [3.63, 3.8) is 0 Å². The molecule has 4 rings (SSSR count). The molecule has 1 unspecified atom stereocenters. The van der Waals surface area contributed by atoms with E-state index in [1.807, 2.05) is 35.0 Å². The van der Waals surface area contributed by atoms with Gasteiger partial charge in [-0.05, 0) is 44.4 Å². The molecule has 1 aromatic heterocycles. The molecule has 1 aromatic carbocycles. The number of piperidine rings is 1. The molecule has 120 valence electrons. The van der Waals surface area contributed by atoms with Crippen molar-refractivity contribution >= 4 is 5.91 Å². The Bertz CT molecular complexity index is 684. The van der Waals surface area contributed by atoms with Crippen LogP contribution < -0.4 is 10.6 Å². The summed E-state index contributed by atoms with van der Waals surface area (Å²) in [6.07, 6.45) is 6.17. The van der Waals surface area contributed by atoms with Crippen LogP contribution in [0.3, 0.4) is 0 Å². The van der Waals surface area contributed by atoms with Crippen molar-refractivity contribution in [2.45, 2.75) is 37.6 Å². The summed E-state index contributed by atoms with van der Waals surface area (Å²) in [5, 5.41) is 11.0. The van der Waals surface area contributed by atoms with Gasteiger partial charge in [-0.15, -0.1) is 0 Å². The Morgan fingerprint density at radius 2 is 2.04 bits per heavy atom. The highest BCUT2D eigenvalue weighted by atomic mass is 16.1. The molecule has 1 saturated carbocycles. The van der Waals surface area contributed by atoms with E-state index in [-0.39, 0.29) is 11.9 Å². The van der Waals surface area contributed by atoms with Crippen LogP contribution in [-0.2, 0) is 0 Å². The van der Waals surface area contributed by atoms with E-state index in [0.29, 0.717) is 5.92 Å². The van der Waals surface area contributed by atoms with Crippen molar-refractivity contribution in [2.24, 2.45) is 0 Å². The number of aromatic nitrogens is 2. The van der Waals surface area contributed by atoms with E-state index < -0.39 is 0 Å². The first-order valence-electron chi connectivity index (χ1n) is 8.48. The average Bonchev–Trinajstić information content (AvgIpc) is 3.34. The fourth-order valence-corrected chi connectivity index (χ4v) is 3.30. The van der Waals surface area contributed by atoms with Crippen LogP contribution in [-0.4, -0.2) is 34.8 Å². The minimum Gasteiger partial charge on any atom is -0.348 e. The van der Waals surface area contributed by atoms with Crippen LogP contribution in [0.15, 0.2) is 36.5 Å². The van der Waals surface area contributed by atoms with Crippen molar-refractivity contribution in [2.75, 3.05) is 13.1 Å². The maximum absolute atomic E-state index is 12.7. The predicted octanol–water partition coefficient (Wildman–Crippen LogP) is 2.23. The lowest BCUT2D eigenvalue weighted by molar-refractivity contribution is 0.0929. The Labute approximate surface area is 136 Å². The molecule has 5 nitrogen and oxygen atoms in total. The summed E-state index contributed by atoms with van der Waals surface area (Å²) in [7, 11) is 0. The maximum atomic E-state index is 12.7. The third-order valence-corrected chi connectivity index (χ3v) is 4.65. The summed E-state index contributed by atoms with van der Waals surface area (Å²) in [5.41, 5.74) is 2.83. The van der Waals surface area contributed by atoms with Gasteiger partial charge in [0.25, 0.3) is 5.91 Å². The van der Waals surface area contributed by atoms with Crippen LogP contribution in [0.4, 0.5) is 0 Å². The largest absolute Gasteiger partial charge is 0.348 e. The van der Waals surface area contributed by atoms with E-state index in [1.54, 1.807) is 6.20 Å². The molecule has 5 heteroatoms. The number of para-hydroxylation sites is 1. The van der Waals surface area contributed by atoms with Gasteiger partial charge in [0, 0.05) is 18.5 Å². The van der Waals surface area contributed by atoms with Crippen LogP contribution in [0.25, 0.3) is 5.69 Å². The number of nitrogens with zero attached hydrogens (tertiary/aromatic N) is 2. The van der Waals surface area contributed by atoms with E-state index in [0.717, 1.165) is 55.7 Å². The Morgan fingerprint density at radius 1 is 1.22 bits per heavy atom. The second kappa shape index (κ2) is 6.16. The van der Waals surface area contributed by atoms with Gasteiger partial charge in [0.05, 0.1) is 23.1 Å². The third-order valence-electron chi connectivity index (χ3n) is 4.65. The molecule has 2 heterocycles. The molecule has 1 aliphatic heterocycles. The quantitative estimate of drug-likeness (QED) is 0.910. The molecule has 1 saturated heterocycles. The number of rotatable bonds is 4. The Hall–Kier alpha value is -2.14. The number of carbonyl (C=O) groups is 1. The molecule has 2 aliphatic rings. The second-order valence-corrected chi connectivity index (χ2v) is 6.48. The zero-order chi connectivity index (χ0) is 15.6.